The number of benzene rings is 2. The van der Waals surface area contributed by atoms with Gasteiger partial charge in [0.1, 0.15) is 23.4 Å². The van der Waals surface area contributed by atoms with E-state index in [1.54, 1.807) is 37.8 Å². The van der Waals surface area contributed by atoms with Crippen LogP contribution in [0.25, 0.3) is 0 Å². The Kier molecular flexibility index (Phi) is 9.41. The number of rotatable bonds is 10. The van der Waals surface area contributed by atoms with E-state index in [2.05, 4.69) is 10.6 Å². The van der Waals surface area contributed by atoms with Crippen molar-refractivity contribution in [3.8, 4) is 5.75 Å². The van der Waals surface area contributed by atoms with Crippen LogP contribution < -0.4 is 10.6 Å². The zero-order chi connectivity index (χ0) is 28.0. The highest BCUT2D eigenvalue weighted by molar-refractivity contribution is 5.92. The summed E-state index contributed by atoms with van der Waals surface area (Å²) in [6, 6.07) is 13.9. The van der Waals surface area contributed by atoms with Gasteiger partial charge in [0, 0.05) is 12.6 Å². The smallest absolute Gasteiger partial charge is 0.408 e. The summed E-state index contributed by atoms with van der Waals surface area (Å²) < 4.78 is 5.45. The number of amides is 3. The molecule has 2 aromatic rings. The zero-order valence-electron chi connectivity index (χ0n) is 23.2. The summed E-state index contributed by atoms with van der Waals surface area (Å²) in [5, 5.41) is 16.0. The monoisotopic (exact) mass is 523 g/mol. The molecule has 206 valence electrons. The lowest BCUT2D eigenvalue weighted by molar-refractivity contribution is -0.144. The van der Waals surface area contributed by atoms with Gasteiger partial charge in [0.15, 0.2) is 0 Å². The van der Waals surface area contributed by atoms with Gasteiger partial charge in [-0.3, -0.25) is 9.59 Å². The summed E-state index contributed by atoms with van der Waals surface area (Å²) in [6.07, 6.45) is 0.701. The fourth-order valence-corrected chi connectivity index (χ4v) is 4.47. The Morgan fingerprint density at radius 1 is 1.11 bits per heavy atom. The molecule has 0 aliphatic heterocycles. The fraction of sp³-hybridized carbons (Fsp3) is 0.500. The van der Waals surface area contributed by atoms with Crippen molar-refractivity contribution in [2.24, 2.45) is 11.8 Å². The van der Waals surface area contributed by atoms with Gasteiger partial charge in [-0.15, -0.1) is 0 Å². The molecule has 0 saturated heterocycles. The van der Waals surface area contributed by atoms with Crippen molar-refractivity contribution >= 4 is 17.9 Å². The highest BCUT2D eigenvalue weighted by Crippen LogP contribution is 2.41. The first-order chi connectivity index (χ1) is 17.9. The van der Waals surface area contributed by atoms with Crippen LogP contribution in [-0.2, 0) is 20.9 Å². The Balaban J connectivity index is 1.98. The summed E-state index contributed by atoms with van der Waals surface area (Å²) in [4.78, 5) is 42.4. The van der Waals surface area contributed by atoms with E-state index in [4.69, 9.17) is 4.74 Å². The van der Waals surface area contributed by atoms with E-state index >= 15 is 0 Å². The maximum atomic E-state index is 14.3. The van der Waals surface area contributed by atoms with Gasteiger partial charge in [0.2, 0.25) is 11.8 Å². The quantitative estimate of drug-likeness (QED) is 0.409. The number of nitrogens with zero attached hydrogens (tertiary/aromatic N) is 1. The third-order valence-corrected chi connectivity index (χ3v) is 6.85. The average molecular weight is 524 g/mol. The molecule has 0 radical (unpaired) electrons. The van der Waals surface area contributed by atoms with Crippen LogP contribution in [0.4, 0.5) is 4.79 Å². The van der Waals surface area contributed by atoms with Crippen LogP contribution in [0.15, 0.2) is 54.6 Å². The number of phenolic OH excluding ortho intramolecular Hbond substituents is 1. The fourth-order valence-electron chi connectivity index (χ4n) is 4.47. The molecule has 8 nitrogen and oxygen atoms in total. The minimum atomic E-state index is -0.986. The van der Waals surface area contributed by atoms with Crippen LogP contribution in [0.3, 0.4) is 0 Å². The Labute approximate surface area is 225 Å². The predicted octanol–water partition coefficient (Wildman–Crippen LogP) is 4.93. The first kappa shape index (κ1) is 29.0. The molecular weight excluding hydrogens is 482 g/mol. The average Bonchev–Trinajstić information content (AvgIpc) is 3.58. The van der Waals surface area contributed by atoms with E-state index in [1.807, 2.05) is 51.1 Å². The summed E-state index contributed by atoms with van der Waals surface area (Å²) in [5.74, 6) is -0.705. The number of phenols is 1. The van der Waals surface area contributed by atoms with Gasteiger partial charge < -0.3 is 25.4 Å². The number of hydrogen-bond donors (Lipinski definition) is 3. The van der Waals surface area contributed by atoms with Gasteiger partial charge in [-0.1, -0.05) is 69.7 Å². The van der Waals surface area contributed by atoms with Crippen molar-refractivity contribution in [3.05, 3.63) is 65.7 Å². The van der Waals surface area contributed by atoms with Crippen molar-refractivity contribution in [3.63, 3.8) is 0 Å². The lowest BCUT2D eigenvalue weighted by Gasteiger charge is -2.36. The number of nitrogens with one attached hydrogen (secondary N) is 2. The van der Waals surface area contributed by atoms with Crippen LogP contribution in [0.1, 0.15) is 71.6 Å². The number of alkyl carbamates (subject to hydrolysis) is 1. The van der Waals surface area contributed by atoms with E-state index in [9.17, 15) is 19.5 Å². The molecule has 8 heteroatoms. The maximum absolute atomic E-state index is 14.3. The van der Waals surface area contributed by atoms with E-state index in [1.165, 1.54) is 12.1 Å². The molecule has 0 bridgehead atoms. The molecule has 1 aliphatic rings. The number of carbonyl (C=O) groups excluding carboxylic acids is 3. The molecule has 0 spiro atoms. The topological polar surface area (TPSA) is 108 Å². The normalized spacial score (nSPS) is 19.0. The summed E-state index contributed by atoms with van der Waals surface area (Å²) >= 11 is 0. The van der Waals surface area contributed by atoms with Crippen molar-refractivity contribution in [2.75, 3.05) is 0 Å². The lowest BCUT2D eigenvalue weighted by Crippen LogP contribution is -2.56. The van der Waals surface area contributed by atoms with Crippen LogP contribution in [0.2, 0.25) is 0 Å². The van der Waals surface area contributed by atoms with Crippen LogP contribution >= 0.6 is 0 Å². The molecule has 5 atom stereocenters. The third-order valence-electron chi connectivity index (χ3n) is 6.85. The van der Waals surface area contributed by atoms with Crippen molar-refractivity contribution in [2.45, 2.75) is 84.7 Å². The van der Waals surface area contributed by atoms with Gasteiger partial charge in [-0.25, -0.2) is 4.79 Å². The van der Waals surface area contributed by atoms with E-state index in [0.717, 1.165) is 12.0 Å². The molecule has 0 aromatic heterocycles. The second kappa shape index (κ2) is 12.3. The van der Waals surface area contributed by atoms with Crippen LogP contribution in [0, 0.1) is 11.8 Å². The lowest BCUT2D eigenvalue weighted by atomic mass is 9.95. The van der Waals surface area contributed by atoms with E-state index in [-0.39, 0.29) is 35.4 Å². The van der Waals surface area contributed by atoms with Crippen LogP contribution in [0.5, 0.6) is 5.75 Å². The predicted molar refractivity (Wildman–Crippen MR) is 146 cm³/mol. The summed E-state index contributed by atoms with van der Waals surface area (Å²) in [5.41, 5.74) is 0.708. The Morgan fingerprint density at radius 3 is 2.32 bits per heavy atom. The zero-order valence-corrected chi connectivity index (χ0v) is 23.2. The second-order valence-corrected chi connectivity index (χ2v) is 11.2. The largest absolute Gasteiger partial charge is 0.508 e. The number of carbonyl (C=O) groups is 3. The van der Waals surface area contributed by atoms with Gasteiger partial charge in [0.05, 0.1) is 0 Å². The highest BCUT2D eigenvalue weighted by atomic mass is 16.6. The molecule has 3 rings (SSSR count). The molecule has 5 unspecified atom stereocenters. The Bertz CT molecular complexity index is 1110. The van der Waals surface area contributed by atoms with Crippen LogP contribution in [-0.4, -0.2) is 45.6 Å². The molecule has 1 aliphatic carbocycles. The molecule has 3 amide bonds. The van der Waals surface area contributed by atoms with Gasteiger partial charge >= 0.3 is 6.09 Å². The first-order valence-electron chi connectivity index (χ1n) is 13.3. The SMILES string of the molecule is CCC(C)C(NC(=O)OC(C)(C)C)C(=O)N(C(C(=O)NCc1ccccc1)c1cccc(O)c1)C1CC1C. The molecule has 3 N–H and O–H groups in total. The van der Waals surface area contributed by atoms with Gasteiger partial charge in [-0.2, -0.15) is 0 Å². The summed E-state index contributed by atoms with van der Waals surface area (Å²) in [6.45, 7) is 11.5. The molecule has 0 heterocycles. The van der Waals surface area contributed by atoms with Crippen molar-refractivity contribution < 1.29 is 24.2 Å². The van der Waals surface area contributed by atoms with Gasteiger partial charge in [-0.05, 0) is 62.3 Å². The number of aromatic hydroxyl groups is 1. The second-order valence-electron chi connectivity index (χ2n) is 11.2. The third kappa shape index (κ3) is 7.73. The molecule has 38 heavy (non-hydrogen) atoms. The minimum absolute atomic E-state index is 0.00459. The number of ether oxygens (including phenoxy) is 1. The maximum Gasteiger partial charge on any atom is 0.408 e. The standard InChI is InChI=1S/C30H41N3O5/c1-7-19(2)25(32-29(37)38-30(4,5)6)28(36)33(24-16-20(24)3)26(22-14-11-15-23(34)17-22)27(35)31-18-21-12-9-8-10-13-21/h8-15,17,19-20,24-26,34H,7,16,18H2,1-6H3,(H,31,35)(H,32,37). The Hall–Kier alpha value is -3.55. The van der Waals surface area contributed by atoms with Gasteiger partial charge in [0.25, 0.3) is 0 Å². The minimum Gasteiger partial charge on any atom is -0.508 e. The molecule has 1 saturated carbocycles. The Morgan fingerprint density at radius 2 is 1.76 bits per heavy atom. The summed E-state index contributed by atoms with van der Waals surface area (Å²) in [7, 11) is 0. The molecule has 1 fully saturated rings. The highest BCUT2D eigenvalue weighted by Gasteiger charge is 2.48. The van der Waals surface area contributed by atoms with Crippen molar-refractivity contribution in [1.82, 2.24) is 15.5 Å². The number of hydrogen-bond acceptors (Lipinski definition) is 5. The molecule has 2 aromatic carbocycles. The van der Waals surface area contributed by atoms with E-state index < -0.39 is 23.8 Å². The van der Waals surface area contributed by atoms with E-state index in [0.29, 0.717) is 18.5 Å². The van der Waals surface area contributed by atoms with Crippen molar-refractivity contribution in [1.29, 1.82) is 0 Å². The molecular formula is C30H41N3O5. The first-order valence-corrected chi connectivity index (χ1v) is 13.3.